The van der Waals surface area contributed by atoms with Gasteiger partial charge < -0.3 is 14.6 Å². The first-order valence-electron chi connectivity index (χ1n) is 12.4. The van der Waals surface area contributed by atoms with Crippen LogP contribution in [0.2, 0.25) is 0 Å². The lowest BCUT2D eigenvalue weighted by molar-refractivity contribution is -0.153. The van der Waals surface area contributed by atoms with Crippen LogP contribution in [0, 0.1) is 11.6 Å². The zero-order valence-electron chi connectivity index (χ0n) is 21.7. The lowest BCUT2D eigenvalue weighted by Gasteiger charge is -2.37. The van der Waals surface area contributed by atoms with Crippen LogP contribution >= 0.6 is 11.8 Å². The molecule has 1 aromatic heterocycles. The number of hydrogen-bond donors (Lipinski definition) is 1. The molecule has 2 aromatic carbocycles. The molecule has 1 N–H and O–H groups in total. The van der Waals surface area contributed by atoms with Gasteiger partial charge in [0.15, 0.2) is 6.29 Å². The van der Waals surface area contributed by atoms with Crippen LogP contribution in [0.1, 0.15) is 30.5 Å². The zero-order valence-corrected chi connectivity index (χ0v) is 22.5. The predicted molar refractivity (Wildman–Crippen MR) is 141 cm³/mol. The largest absolute Gasteiger partial charge is 0.416 e. The number of benzene rings is 2. The van der Waals surface area contributed by atoms with Crippen LogP contribution in [0.3, 0.4) is 0 Å². The van der Waals surface area contributed by atoms with Crippen LogP contribution in [0.15, 0.2) is 72.6 Å². The first kappa shape index (κ1) is 29.9. The Morgan fingerprint density at radius 3 is 2.45 bits per heavy atom. The van der Waals surface area contributed by atoms with E-state index in [9.17, 15) is 27.1 Å². The maximum absolute atomic E-state index is 14.8. The van der Waals surface area contributed by atoms with E-state index in [1.807, 2.05) is 6.92 Å². The molecule has 2 heterocycles. The molecule has 12 heteroatoms. The smallest absolute Gasteiger partial charge is 0.382 e. The summed E-state index contributed by atoms with van der Waals surface area (Å²) in [6.07, 6.45) is 3.13. The minimum Gasteiger partial charge on any atom is -0.382 e. The summed E-state index contributed by atoms with van der Waals surface area (Å²) in [6.45, 7) is 4.03. The van der Waals surface area contributed by atoms with E-state index in [0.717, 1.165) is 29.8 Å². The molecule has 1 aliphatic rings. The van der Waals surface area contributed by atoms with Crippen molar-refractivity contribution in [3.8, 4) is 0 Å². The second-order valence-corrected chi connectivity index (χ2v) is 11.1. The molecule has 1 fully saturated rings. The van der Waals surface area contributed by atoms with Crippen molar-refractivity contribution in [1.82, 2.24) is 15.0 Å². The van der Waals surface area contributed by atoms with Crippen molar-refractivity contribution in [2.24, 2.45) is 0 Å². The fourth-order valence-corrected chi connectivity index (χ4v) is 5.56. The van der Waals surface area contributed by atoms with E-state index in [2.05, 4.69) is 10.3 Å². The van der Waals surface area contributed by atoms with Crippen molar-refractivity contribution in [2.75, 3.05) is 13.2 Å². The quantitative estimate of drug-likeness (QED) is 0.248. The van der Waals surface area contributed by atoms with Gasteiger partial charge in [0.2, 0.25) is 0 Å². The Bertz CT molecular complexity index is 1320. The molecule has 0 amide bonds. The highest BCUT2D eigenvalue weighted by Gasteiger charge is 2.41. The molecule has 0 radical (unpaired) electrons. The van der Waals surface area contributed by atoms with Crippen LogP contribution in [-0.4, -0.2) is 50.1 Å². The van der Waals surface area contributed by atoms with E-state index < -0.39 is 40.5 Å². The number of nitrogens with zero attached hydrogens (tertiary/aromatic N) is 3. The fourth-order valence-electron chi connectivity index (χ4n) is 4.24. The highest BCUT2D eigenvalue weighted by molar-refractivity contribution is 8.00. The van der Waals surface area contributed by atoms with Gasteiger partial charge >= 0.3 is 6.18 Å². The molecule has 0 saturated carbocycles. The zero-order chi connectivity index (χ0) is 28.9. The summed E-state index contributed by atoms with van der Waals surface area (Å²) < 4.78 is 79.6. The van der Waals surface area contributed by atoms with E-state index >= 15 is 0 Å². The van der Waals surface area contributed by atoms with E-state index in [1.54, 1.807) is 31.3 Å². The number of allylic oxidation sites excluding steroid dienone is 2. The van der Waals surface area contributed by atoms with Crippen molar-refractivity contribution in [2.45, 2.75) is 49.0 Å². The predicted octanol–water partition coefficient (Wildman–Crippen LogP) is 5.99. The minimum absolute atomic E-state index is 0.0569. The Morgan fingerprint density at radius 1 is 1.15 bits per heavy atom. The van der Waals surface area contributed by atoms with Crippen molar-refractivity contribution in [3.05, 3.63) is 101 Å². The van der Waals surface area contributed by atoms with Crippen molar-refractivity contribution in [1.29, 1.82) is 0 Å². The molecular formula is C28H28F5N3O3S. The van der Waals surface area contributed by atoms with Gasteiger partial charge in [-0.05, 0) is 36.3 Å². The van der Waals surface area contributed by atoms with E-state index in [1.165, 1.54) is 40.8 Å². The number of aliphatic hydroxyl groups is 1. The summed E-state index contributed by atoms with van der Waals surface area (Å²) >= 11 is 1.35. The second kappa shape index (κ2) is 12.6. The topological polar surface area (TPSA) is 69.4 Å². The highest BCUT2D eigenvalue weighted by atomic mass is 32.2. The van der Waals surface area contributed by atoms with Gasteiger partial charge in [0.25, 0.3) is 0 Å². The van der Waals surface area contributed by atoms with Gasteiger partial charge in [-0.1, -0.05) is 48.6 Å². The van der Waals surface area contributed by atoms with E-state index in [-0.39, 0.29) is 17.4 Å². The first-order chi connectivity index (χ1) is 19.0. The number of rotatable bonds is 9. The summed E-state index contributed by atoms with van der Waals surface area (Å²) in [6, 6.07) is 7.90. The van der Waals surface area contributed by atoms with Crippen molar-refractivity contribution in [3.63, 3.8) is 0 Å². The third-order valence-electron chi connectivity index (χ3n) is 6.47. The van der Waals surface area contributed by atoms with E-state index in [0.29, 0.717) is 18.8 Å². The van der Waals surface area contributed by atoms with Gasteiger partial charge in [-0.2, -0.15) is 13.2 Å². The maximum atomic E-state index is 14.8. The molecule has 1 aliphatic heterocycles. The average molecular weight is 582 g/mol. The van der Waals surface area contributed by atoms with Crippen LogP contribution in [-0.2, 0) is 27.8 Å². The van der Waals surface area contributed by atoms with Gasteiger partial charge in [-0.25, -0.2) is 13.5 Å². The third-order valence-corrected chi connectivity index (χ3v) is 7.92. The van der Waals surface area contributed by atoms with Crippen LogP contribution in [0.4, 0.5) is 22.0 Å². The monoisotopic (exact) mass is 581 g/mol. The van der Waals surface area contributed by atoms with Crippen molar-refractivity contribution >= 4 is 17.8 Å². The minimum atomic E-state index is -4.38. The summed E-state index contributed by atoms with van der Waals surface area (Å²) in [5, 5.41) is 18.5. The van der Waals surface area contributed by atoms with Gasteiger partial charge in [0.1, 0.15) is 17.2 Å². The molecule has 0 bridgehead atoms. The third kappa shape index (κ3) is 7.36. The normalized spacial score (nSPS) is 20.9. The summed E-state index contributed by atoms with van der Waals surface area (Å²) in [5.41, 5.74) is -1.13. The Morgan fingerprint density at radius 2 is 1.85 bits per heavy atom. The summed E-state index contributed by atoms with van der Waals surface area (Å²) in [4.78, 5) is 0. The van der Waals surface area contributed by atoms with Crippen LogP contribution in [0.5, 0.6) is 0 Å². The average Bonchev–Trinajstić information content (AvgIpc) is 3.41. The Labute approximate surface area is 232 Å². The maximum Gasteiger partial charge on any atom is 0.416 e. The van der Waals surface area contributed by atoms with Crippen LogP contribution < -0.4 is 0 Å². The van der Waals surface area contributed by atoms with Crippen LogP contribution in [0.25, 0.3) is 6.08 Å². The lowest BCUT2D eigenvalue weighted by atomic mass is 9.90. The van der Waals surface area contributed by atoms with Crippen molar-refractivity contribution < 1.29 is 36.5 Å². The second-order valence-electron chi connectivity index (χ2n) is 9.44. The summed E-state index contributed by atoms with van der Waals surface area (Å²) in [7, 11) is 0. The molecule has 0 unspecified atom stereocenters. The first-order valence-corrected chi connectivity index (χ1v) is 13.3. The Kier molecular flexibility index (Phi) is 9.44. The molecular weight excluding hydrogens is 553 g/mol. The Hall–Kier alpha value is -3.06. The number of ether oxygens (including phenoxy) is 2. The number of hydrogen-bond acceptors (Lipinski definition) is 6. The standard InChI is InChI=1S/C28H28F5N3O3S/c1-18(4-3-5-20-6-8-21(9-7-20)28(31,32)33)26-38-15-23(16-39-26)40-19(2)27(37,17-36-13-12-34-35-36)24-11-10-22(29)14-25(24)30/h3-14,19,23,26,37H,15-17H2,1-2H3/b5-3+,18-4+/t19-,23?,26?,27-/m1/s1. The molecule has 0 spiro atoms. The van der Waals surface area contributed by atoms with Gasteiger partial charge in [-0.3, -0.25) is 0 Å². The molecule has 214 valence electrons. The molecule has 1 saturated heterocycles. The lowest BCUT2D eigenvalue weighted by Crippen LogP contribution is -2.44. The number of halogens is 5. The van der Waals surface area contributed by atoms with Gasteiger partial charge in [0.05, 0.1) is 36.8 Å². The summed E-state index contributed by atoms with van der Waals surface area (Å²) in [5.74, 6) is -1.61. The molecule has 4 rings (SSSR count). The fraction of sp³-hybridized carbons (Fsp3) is 0.357. The molecule has 40 heavy (non-hydrogen) atoms. The number of thioether (sulfide) groups is 1. The SMILES string of the molecule is C/C(=C\C=C\c1ccc(C(F)(F)F)cc1)C1OCC(S[C@H](C)[C@](O)(Cn2ccnn2)c2ccc(F)cc2F)CO1. The molecule has 3 aromatic rings. The molecule has 6 nitrogen and oxygen atoms in total. The number of alkyl halides is 3. The Balaban J connectivity index is 1.36. The number of aromatic nitrogens is 3. The molecule has 2 atom stereocenters. The van der Waals surface area contributed by atoms with E-state index in [4.69, 9.17) is 9.47 Å². The molecule has 0 aliphatic carbocycles. The van der Waals surface area contributed by atoms with Gasteiger partial charge in [0, 0.05) is 23.1 Å². The highest BCUT2D eigenvalue weighted by Crippen LogP contribution is 2.39. The van der Waals surface area contributed by atoms with Gasteiger partial charge in [-0.15, -0.1) is 16.9 Å².